The van der Waals surface area contributed by atoms with Crippen molar-refractivity contribution >= 4 is 49.5 Å². The predicted molar refractivity (Wildman–Crippen MR) is 35.2 cm³/mol. The fourth-order valence-corrected chi connectivity index (χ4v) is 2.89. The summed E-state index contributed by atoms with van der Waals surface area (Å²) in [5.74, 6) is 0. The topological polar surface area (TPSA) is 0 Å². The van der Waals surface area contributed by atoms with Crippen LogP contribution in [0.25, 0.3) is 0 Å². The summed E-state index contributed by atoms with van der Waals surface area (Å²) < 4.78 is 0. The first-order valence-corrected chi connectivity index (χ1v) is 6.45. The molecule has 32 valence electrons. The molecule has 0 aliphatic rings. The van der Waals surface area contributed by atoms with Crippen LogP contribution in [-0.2, 0) is 0 Å². The maximum Gasteiger partial charge on any atom is 0.0330 e. The second-order valence-corrected chi connectivity index (χ2v) is 6.42. The SMILES string of the molecule is ClSPSCl. The first-order chi connectivity index (χ1) is 2.41. The van der Waals surface area contributed by atoms with Crippen LogP contribution in [0.2, 0.25) is 0 Å². The Morgan fingerprint density at radius 1 is 1.20 bits per heavy atom. The van der Waals surface area contributed by atoms with Crippen molar-refractivity contribution in [3.8, 4) is 0 Å². The quantitative estimate of drug-likeness (QED) is 0.578. The summed E-state index contributed by atoms with van der Waals surface area (Å²) in [6.07, 6.45) is 0. The highest BCUT2D eigenvalue weighted by Crippen LogP contribution is 2.46. The van der Waals surface area contributed by atoms with E-state index in [1.54, 1.807) is 0 Å². The maximum atomic E-state index is 5.13. The summed E-state index contributed by atoms with van der Waals surface area (Å²) in [6.45, 7) is 0.562. The van der Waals surface area contributed by atoms with E-state index in [1.165, 1.54) is 21.2 Å². The van der Waals surface area contributed by atoms with Crippen LogP contribution in [-0.4, -0.2) is 0 Å². The fraction of sp³-hybridized carbons (Fsp3) is 0. The van der Waals surface area contributed by atoms with E-state index in [0.29, 0.717) is 6.98 Å². The molecule has 5 heteroatoms. The standard InChI is InChI=1S/Cl2HPS2/c1-4-3-5-2/h3H. The minimum absolute atomic E-state index is 0.562. The Morgan fingerprint density at radius 3 is 1.60 bits per heavy atom. The van der Waals surface area contributed by atoms with Crippen LogP contribution in [0.5, 0.6) is 0 Å². The molecule has 0 N–H and O–H groups in total. The van der Waals surface area contributed by atoms with Crippen molar-refractivity contribution in [3.05, 3.63) is 0 Å². The highest BCUT2D eigenvalue weighted by molar-refractivity contribution is 8.92. The molecule has 0 atom stereocenters. The van der Waals surface area contributed by atoms with Crippen LogP contribution in [0.15, 0.2) is 0 Å². The van der Waals surface area contributed by atoms with Gasteiger partial charge in [0.2, 0.25) is 0 Å². The Balaban J connectivity index is 2.19. The van der Waals surface area contributed by atoms with Gasteiger partial charge in [-0.1, -0.05) is 0 Å². The summed E-state index contributed by atoms with van der Waals surface area (Å²) in [5.41, 5.74) is 0. The van der Waals surface area contributed by atoms with Crippen LogP contribution in [0, 0.1) is 0 Å². The van der Waals surface area contributed by atoms with Gasteiger partial charge in [-0.15, -0.1) is 0 Å². The van der Waals surface area contributed by atoms with Crippen molar-refractivity contribution in [1.82, 2.24) is 0 Å². The molecule has 0 heterocycles. The highest BCUT2D eigenvalue weighted by atomic mass is 35.8. The van der Waals surface area contributed by atoms with E-state index in [4.69, 9.17) is 21.4 Å². The van der Waals surface area contributed by atoms with E-state index in [2.05, 4.69) is 0 Å². The average molecular weight is 167 g/mol. The van der Waals surface area contributed by atoms with Gasteiger partial charge in [0, 0.05) is 6.98 Å². The lowest BCUT2D eigenvalue weighted by Crippen LogP contribution is -1.01. The molecule has 0 radical (unpaired) electrons. The zero-order chi connectivity index (χ0) is 4.12. The molecule has 0 nitrogen and oxygen atoms in total. The number of halogens is 2. The third kappa shape index (κ3) is 5.71. The highest BCUT2D eigenvalue weighted by Gasteiger charge is 1.73. The number of hydrogen-bond acceptors (Lipinski definition) is 2. The molecule has 0 bridgehead atoms. The van der Waals surface area contributed by atoms with Gasteiger partial charge >= 0.3 is 0 Å². The Kier molecular flexibility index (Phi) is 7.66. The summed E-state index contributed by atoms with van der Waals surface area (Å²) in [4.78, 5) is 0. The second kappa shape index (κ2) is 5.71. The van der Waals surface area contributed by atoms with Crippen LogP contribution >= 0.6 is 49.5 Å². The van der Waals surface area contributed by atoms with Crippen molar-refractivity contribution < 1.29 is 0 Å². The van der Waals surface area contributed by atoms with Crippen molar-refractivity contribution in [2.24, 2.45) is 0 Å². The van der Waals surface area contributed by atoms with Crippen molar-refractivity contribution in [2.75, 3.05) is 0 Å². The third-order valence-electron chi connectivity index (χ3n) is 0.0630. The lowest BCUT2D eigenvalue weighted by molar-refractivity contribution is 5.12. The smallest absolute Gasteiger partial charge is 0.0330 e. The summed E-state index contributed by atoms with van der Waals surface area (Å²) in [7, 11) is 12.7. The average Bonchev–Trinajstić information content (AvgIpc) is 1.41. The van der Waals surface area contributed by atoms with Gasteiger partial charge in [0.1, 0.15) is 0 Å². The Morgan fingerprint density at radius 2 is 1.60 bits per heavy atom. The summed E-state index contributed by atoms with van der Waals surface area (Å²) in [5, 5.41) is 0. The molecule has 0 amide bonds. The molecule has 0 aliphatic heterocycles. The molecule has 0 aromatic carbocycles. The van der Waals surface area contributed by atoms with Gasteiger partial charge in [-0.3, -0.25) is 0 Å². The molecule has 0 fully saturated rings. The van der Waals surface area contributed by atoms with Gasteiger partial charge in [-0.25, -0.2) is 0 Å². The second-order valence-electron chi connectivity index (χ2n) is 0.238. The minimum atomic E-state index is 0.562. The number of rotatable bonds is 2. The van der Waals surface area contributed by atoms with Gasteiger partial charge < -0.3 is 0 Å². The molecular formula is HCl2PS2. The van der Waals surface area contributed by atoms with Crippen molar-refractivity contribution in [2.45, 2.75) is 0 Å². The van der Waals surface area contributed by atoms with Gasteiger partial charge in [-0.05, 0) is 42.6 Å². The monoisotopic (exact) mass is 166 g/mol. The van der Waals surface area contributed by atoms with Gasteiger partial charge in [0.25, 0.3) is 0 Å². The molecule has 0 unspecified atom stereocenters. The zero-order valence-electron chi connectivity index (χ0n) is 2.07. The third-order valence-corrected chi connectivity index (χ3v) is 5.10. The Bertz CT molecular complexity index is 15.1. The number of hydrogen-bond donors (Lipinski definition) is 0. The largest absolute Gasteiger partial charge is 0.0387 e. The fourth-order valence-electron chi connectivity index (χ4n) is 0.0119. The normalized spacial score (nSPS) is 8.40. The molecule has 0 aromatic heterocycles. The van der Waals surface area contributed by atoms with E-state index < -0.39 is 0 Å². The zero-order valence-corrected chi connectivity index (χ0v) is 6.22. The molecule has 0 saturated heterocycles. The molecule has 0 spiro atoms. The molecule has 0 aromatic rings. The molecule has 0 saturated carbocycles. The molecule has 0 rings (SSSR count). The lowest BCUT2D eigenvalue weighted by Gasteiger charge is -1.74. The summed E-state index contributed by atoms with van der Waals surface area (Å²) >= 11 is 0. The van der Waals surface area contributed by atoms with E-state index >= 15 is 0 Å². The first kappa shape index (κ1) is 6.71. The van der Waals surface area contributed by atoms with Crippen molar-refractivity contribution in [3.63, 3.8) is 0 Å². The van der Waals surface area contributed by atoms with Gasteiger partial charge in [0.05, 0.1) is 0 Å². The summed E-state index contributed by atoms with van der Waals surface area (Å²) in [6, 6.07) is 0. The molecule has 5 heavy (non-hydrogen) atoms. The van der Waals surface area contributed by atoms with Crippen molar-refractivity contribution in [1.29, 1.82) is 0 Å². The van der Waals surface area contributed by atoms with Crippen LogP contribution in [0.1, 0.15) is 0 Å². The van der Waals surface area contributed by atoms with Gasteiger partial charge in [0.15, 0.2) is 0 Å². The predicted octanol–water partition coefficient (Wildman–Crippen LogP) is 3.27. The Hall–Kier alpha value is 1.71. The van der Waals surface area contributed by atoms with E-state index in [-0.39, 0.29) is 0 Å². The van der Waals surface area contributed by atoms with E-state index in [9.17, 15) is 0 Å². The molecular weight excluding hydrogens is 166 g/mol. The van der Waals surface area contributed by atoms with Crippen LogP contribution in [0.3, 0.4) is 0 Å². The van der Waals surface area contributed by atoms with Gasteiger partial charge in [-0.2, -0.15) is 0 Å². The van der Waals surface area contributed by atoms with Crippen LogP contribution < -0.4 is 0 Å². The maximum absolute atomic E-state index is 5.13. The lowest BCUT2D eigenvalue weighted by atomic mass is 29.9. The minimum Gasteiger partial charge on any atom is -0.0387 e. The van der Waals surface area contributed by atoms with E-state index in [0.717, 1.165) is 0 Å². The van der Waals surface area contributed by atoms with Crippen LogP contribution in [0.4, 0.5) is 0 Å². The van der Waals surface area contributed by atoms with E-state index in [1.807, 2.05) is 0 Å². The first-order valence-electron chi connectivity index (χ1n) is 0.717. The Labute approximate surface area is 49.6 Å². The molecule has 0 aliphatic carbocycles.